The summed E-state index contributed by atoms with van der Waals surface area (Å²) >= 11 is 0. The normalized spacial score (nSPS) is 12.2. The van der Waals surface area contributed by atoms with E-state index in [4.69, 9.17) is 4.18 Å². The lowest BCUT2D eigenvalue weighted by molar-refractivity contribution is -0.134. The van der Waals surface area contributed by atoms with E-state index in [2.05, 4.69) is 0 Å². The zero-order chi connectivity index (χ0) is 27.1. The van der Waals surface area contributed by atoms with E-state index in [1.54, 1.807) is 12.1 Å². The molecule has 0 aliphatic heterocycles. The third kappa shape index (κ3) is 6.47. The molecule has 7 heteroatoms. The summed E-state index contributed by atoms with van der Waals surface area (Å²) in [7, 11) is -4.15. The maximum absolute atomic E-state index is 14.1. The molecule has 196 valence electrons. The van der Waals surface area contributed by atoms with Crippen LogP contribution in [-0.4, -0.2) is 25.3 Å². The molecular weight excluding hydrogens is 501 g/mol. The van der Waals surface area contributed by atoms with Crippen molar-refractivity contribution in [2.24, 2.45) is 0 Å². The van der Waals surface area contributed by atoms with E-state index in [-0.39, 0.29) is 29.1 Å². The summed E-state index contributed by atoms with van der Waals surface area (Å²) in [6, 6.07) is 30.4. The lowest BCUT2D eigenvalue weighted by Gasteiger charge is -2.33. The summed E-state index contributed by atoms with van der Waals surface area (Å²) in [4.78, 5) is 15.8. The van der Waals surface area contributed by atoms with E-state index in [0.29, 0.717) is 0 Å². The van der Waals surface area contributed by atoms with E-state index in [0.717, 1.165) is 47.4 Å². The average Bonchev–Trinajstić information content (AvgIpc) is 2.93. The minimum Gasteiger partial charge on any atom is -0.379 e. The molecule has 0 saturated carbocycles. The molecule has 0 aromatic heterocycles. The monoisotopic (exact) mass is 531 g/mol. The van der Waals surface area contributed by atoms with Gasteiger partial charge in [0.2, 0.25) is 5.91 Å². The van der Waals surface area contributed by atoms with Crippen molar-refractivity contribution in [3.05, 3.63) is 132 Å². The first-order valence-electron chi connectivity index (χ1n) is 12.5. The molecule has 0 aliphatic carbocycles. The zero-order valence-corrected chi connectivity index (χ0v) is 22.1. The number of hydrogen-bond acceptors (Lipinski definition) is 4. The second kappa shape index (κ2) is 12.0. The Morgan fingerprint density at radius 1 is 0.842 bits per heavy atom. The number of carbonyl (C=O) groups excluding carboxylic acids is 1. The van der Waals surface area contributed by atoms with Gasteiger partial charge in [-0.25, -0.2) is 4.39 Å². The summed E-state index contributed by atoms with van der Waals surface area (Å²) in [5, 5.41) is 0. The van der Waals surface area contributed by atoms with Crippen LogP contribution in [-0.2, 0) is 21.5 Å². The highest BCUT2D eigenvalue weighted by molar-refractivity contribution is 7.87. The lowest BCUT2D eigenvalue weighted by atomic mass is 9.89. The van der Waals surface area contributed by atoms with Crippen LogP contribution >= 0.6 is 0 Å². The third-order valence-electron chi connectivity index (χ3n) is 6.48. The number of hydrogen-bond donors (Lipinski definition) is 0. The Bertz CT molecular complexity index is 1420. The fourth-order valence-corrected chi connectivity index (χ4v) is 5.20. The summed E-state index contributed by atoms with van der Waals surface area (Å²) < 4.78 is 44.0. The molecule has 0 unspecified atom stereocenters. The highest BCUT2D eigenvalue weighted by Gasteiger charge is 2.30. The van der Waals surface area contributed by atoms with Crippen molar-refractivity contribution >= 4 is 16.0 Å². The molecule has 38 heavy (non-hydrogen) atoms. The minimum atomic E-state index is -4.15. The first-order chi connectivity index (χ1) is 18.3. The maximum Gasteiger partial charge on any atom is 0.339 e. The van der Waals surface area contributed by atoms with Crippen LogP contribution in [0.4, 0.5) is 4.39 Å². The van der Waals surface area contributed by atoms with Crippen LogP contribution in [0.3, 0.4) is 0 Å². The summed E-state index contributed by atoms with van der Waals surface area (Å²) in [6.07, 6.45) is 0.747. The molecule has 4 rings (SSSR count). The molecule has 0 N–H and O–H groups in total. The van der Waals surface area contributed by atoms with Gasteiger partial charge in [-0.3, -0.25) is 4.79 Å². The Balaban J connectivity index is 1.63. The number of halogens is 1. The van der Waals surface area contributed by atoms with Crippen molar-refractivity contribution < 1.29 is 21.8 Å². The van der Waals surface area contributed by atoms with Gasteiger partial charge in [0, 0.05) is 12.6 Å². The highest BCUT2D eigenvalue weighted by atomic mass is 32.2. The Hall–Kier alpha value is -3.97. The van der Waals surface area contributed by atoms with Gasteiger partial charge in [-0.2, -0.15) is 8.42 Å². The molecule has 1 amide bonds. The standard InChI is InChI=1S/C31H30FNO4S/c1-3-23(2)33(31(34)30(25-12-6-4-7-13-25)26-14-8-5-9-15-26)22-24-11-10-16-28(21-24)37-38(35,36)29-19-17-27(32)18-20-29/h4-21,23,30H,3,22H2,1-2H3/t23-/m1/s1. The van der Waals surface area contributed by atoms with Crippen LogP contribution < -0.4 is 4.18 Å². The number of amides is 1. The summed E-state index contributed by atoms with van der Waals surface area (Å²) in [5.41, 5.74) is 2.53. The molecule has 0 fully saturated rings. The molecule has 0 saturated heterocycles. The second-order valence-corrected chi connectivity index (χ2v) is 10.7. The van der Waals surface area contributed by atoms with Crippen LogP contribution in [0.5, 0.6) is 5.75 Å². The summed E-state index contributed by atoms with van der Waals surface area (Å²) in [6.45, 7) is 4.31. The smallest absolute Gasteiger partial charge is 0.339 e. The zero-order valence-electron chi connectivity index (χ0n) is 21.3. The van der Waals surface area contributed by atoms with Crippen LogP contribution in [0.2, 0.25) is 0 Å². The molecule has 0 heterocycles. The topological polar surface area (TPSA) is 63.7 Å². The quantitative estimate of drug-likeness (QED) is 0.218. The van der Waals surface area contributed by atoms with Gasteiger partial charge in [0.15, 0.2) is 0 Å². The van der Waals surface area contributed by atoms with E-state index in [1.165, 1.54) is 6.07 Å². The number of rotatable bonds is 10. The van der Waals surface area contributed by atoms with Crippen molar-refractivity contribution in [2.75, 3.05) is 0 Å². The SMILES string of the molecule is CC[C@@H](C)N(Cc1cccc(OS(=O)(=O)c2ccc(F)cc2)c1)C(=O)C(c1ccccc1)c1ccccc1. The molecule has 0 spiro atoms. The molecule has 4 aromatic carbocycles. The molecule has 1 atom stereocenters. The number of benzene rings is 4. The van der Waals surface area contributed by atoms with Gasteiger partial charge in [-0.05, 0) is 66.4 Å². The Kier molecular flexibility index (Phi) is 8.59. The fourth-order valence-electron chi connectivity index (χ4n) is 4.27. The van der Waals surface area contributed by atoms with Gasteiger partial charge in [-0.1, -0.05) is 79.7 Å². The molecular formula is C31H30FNO4S. The van der Waals surface area contributed by atoms with E-state index >= 15 is 0 Å². The predicted octanol–water partition coefficient (Wildman–Crippen LogP) is 6.55. The molecule has 0 radical (unpaired) electrons. The van der Waals surface area contributed by atoms with E-state index in [9.17, 15) is 17.6 Å². The van der Waals surface area contributed by atoms with E-state index in [1.807, 2.05) is 85.5 Å². The van der Waals surface area contributed by atoms with Gasteiger partial charge < -0.3 is 9.08 Å². The van der Waals surface area contributed by atoms with Crippen molar-refractivity contribution in [1.82, 2.24) is 4.90 Å². The van der Waals surface area contributed by atoms with Crippen LogP contribution in [0, 0.1) is 5.82 Å². The third-order valence-corrected chi connectivity index (χ3v) is 7.74. The Morgan fingerprint density at radius 3 is 1.97 bits per heavy atom. The van der Waals surface area contributed by atoms with Gasteiger partial charge in [0.25, 0.3) is 0 Å². The van der Waals surface area contributed by atoms with Crippen LogP contribution in [0.25, 0.3) is 0 Å². The molecule has 5 nitrogen and oxygen atoms in total. The number of nitrogens with zero attached hydrogens (tertiary/aromatic N) is 1. The molecule has 0 bridgehead atoms. The average molecular weight is 532 g/mol. The lowest BCUT2D eigenvalue weighted by Crippen LogP contribution is -2.41. The first-order valence-corrected chi connectivity index (χ1v) is 13.9. The predicted molar refractivity (Wildman–Crippen MR) is 146 cm³/mol. The van der Waals surface area contributed by atoms with Gasteiger partial charge in [-0.15, -0.1) is 0 Å². The maximum atomic E-state index is 14.1. The Morgan fingerprint density at radius 2 is 1.42 bits per heavy atom. The van der Waals surface area contributed by atoms with E-state index < -0.39 is 21.9 Å². The molecule has 4 aromatic rings. The van der Waals surface area contributed by atoms with Gasteiger partial charge in [0.05, 0.1) is 5.92 Å². The van der Waals surface area contributed by atoms with Crippen molar-refractivity contribution in [3.63, 3.8) is 0 Å². The Labute approximate surface area is 223 Å². The van der Waals surface area contributed by atoms with Crippen LogP contribution in [0.15, 0.2) is 114 Å². The molecule has 0 aliphatic rings. The minimum absolute atomic E-state index is 0.0398. The largest absolute Gasteiger partial charge is 0.379 e. The van der Waals surface area contributed by atoms with Crippen LogP contribution in [0.1, 0.15) is 42.9 Å². The van der Waals surface area contributed by atoms with Gasteiger partial charge >= 0.3 is 10.1 Å². The summed E-state index contributed by atoms with van der Waals surface area (Å²) in [5.74, 6) is -0.942. The van der Waals surface area contributed by atoms with Crippen molar-refractivity contribution in [3.8, 4) is 5.75 Å². The second-order valence-electron chi connectivity index (χ2n) is 9.12. The highest BCUT2D eigenvalue weighted by Crippen LogP contribution is 2.29. The first kappa shape index (κ1) is 27.1. The van der Waals surface area contributed by atoms with Crippen molar-refractivity contribution in [2.45, 2.75) is 43.7 Å². The van der Waals surface area contributed by atoms with Crippen molar-refractivity contribution in [1.29, 1.82) is 0 Å². The fraction of sp³-hybridized carbons (Fsp3) is 0.194. The number of carbonyl (C=O) groups is 1. The van der Waals surface area contributed by atoms with Gasteiger partial charge in [0.1, 0.15) is 16.5 Å².